The van der Waals surface area contributed by atoms with Crippen LogP contribution in [0.5, 0.6) is 0 Å². The first-order chi connectivity index (χ1) is 14.0. The van der Waals surface area contributed by atoms with Crippen molar-refractivity contribution in [1.82, 2.24) is 10.6 Å². The summed E-state index contributed by atoms with van der Waals surface area (Å²) in [7, 11) is -0.498. The summed E-state index contributed by atoms with van der Waals surface area (Å²) in [6.07, 6.45) is 1.41. The van der Waals surface area contributed by atoms with E-state index in [4.69, 9.17) is 14.0 Å². The van der Waals surface area contributed by atoms with Crippen molar-refractivity contribution in [3.8, 4) is 0 Å². The Labute approximate surface area is 178 Å². The summed E-state index contributed by atoms with van der Waals surface area (Å²) in [6.45, 7) is 9.47. The Morgan fingerprint density at radius 3 is 2.30 bits per heavy atom. The highest BCUT2D eigenvalue weighted by Crippen LogP contribution is 2.40. The van der Waals surface area contributed by atoms with E-state index in [1.807, 2.05) is 45.0 Å². The highest BCUT2D eigenvalue weighted by atomic mass is 16.7. The molecule has 0 bridgehead atoms. The van der Waals surface area contributed by atoms with Gasteiger partial charge in [-0.1, -0.05) is 24.3 Å². The Morgan fingerprint density at radius 2 is 1.70 bits per heavy atom. The zero-order chi connectivity index (χ0) is 22.4. The first kappa shape index (κ1) is 23.9. The number of hydrogen-bond acceptors (Lipinski definition) is 6. The van der Waals surface area contributed by atoms with Crippen LogP contribution in [-0.2, 0) is 35.0 Å². The van der Waals surface area contributed by atoms with Crippen LogP contribution in [0.25, 0.3) is 0 Å². The lowest BCUT2D eigenvalue weighted by Crippen LogP contribution is -2.45. The number of rotatable bonds is 9. The number of benzene rings is 1. The Hall–Kier alpha value is -2.39. The van der Waals surface area contributed by atoms with Gasteiger partial charge in [0.2, 0.25) is 11.8 Å². The molecule has 1 aliphatic heterocycles. The fraction of sp³-hybridized carbons (Fsp3) is 0.571. The molecule has 0 spiro atoms. The second kappa shape index (κ2) is 10.1. The van der Waals surface area contributed by atoms with E-state index in [0.717, 1.165) is 11.0 Å². The second-order valence-corrected chi connectivity index (χ2v) is 8.19. The van der Waals surface area contributed by atoms with E-state index in [1.165, 1.54) is 13.8 Å². The van der Waals surface area contributed by atoms with Gasteiger partial charge in [0.1, 0.15) is 6.61 Å². The molecule has 1 fully saturated rings. The molecule has 1 aliphatic rings. The molecular formula is C21H31BN2O6. The van der Waals surface area contributed by atoms with Crippen molar-refractivity contribution in [2.45, 2.75) is 65.3 Å². The minimum Gasteiger partial charge on any atom is -0.461 e. The molecule has 30 heavy (non-hydrogen) atoms. The SMILES string of the molecule is CC(=O)NCC(=O)NCCCC1(C)OB(c2ccc(COC(C)=O)cc2)OC1(C)C. The maximum Gasteiger partial charge on any atom is 0.494 e. The molecule has 1 aromatic rings. The Balaban J connectivity index is 1.88. The van der Waals surface area contributed by atoms with Crippen LogP contribution in [0, 0.1) is 0 Å². The van der Waals surface area contributed by atoms with Gasteiger partial charge in [-0.2, -0.15) is 0 Å². The predicted octanol–water partition coefficient (Wildman–Crippen LogP) is 1.06. The molecule has 1 heterocycles. The van der Waals surface area contributed by atoms with Crippen LogP contribution in [0.3, 0.4) is 0 Å². The summed E-state index contributed by atoms with van der Waals surface area (Å²) in [5.41, 5.74) is 0.732. The third-order valence-electron chi connectivity index (χ3n) is 5.39. The number of nitrogens with one attached hydrogen (secondary N) is 2. The third-order valence-corrected chi connectivity index (χ3v) is 5.39. The van der Waals surface area contributed by atoms with E-state index in [1.54, 1.807) is 0 Å². The van der Waals surface area contributed by atoms with Gasteiger partial charge in [-0.25, -0.2) is 0 Å². The van der Waals surface area contributed by atoms with Gasteiger partial charge in [0.05, 0.1) is 17.7 Å². The van der Waals surface area contributed by atoms with Gasteiger partial charge in [-0.15, -0.1) is 0 Å². The topological polar surface area (TPSA) is 103 Å². The number of ether oxygens (including phenoxy) is 1. The van der Waals surface area contributed by atoms with E-state index >= 15 is 0 Å². The van der Waals surface area contributed by atoms with Crippen molar-refractivity contribution in [3.63, 3.8) is 0 Å². The molecule has 0 radical (unpaired) electrons. The maximum atomic E-state index is 11.7. The molecule has 1 aromatic carbocycles. The van der Waals surface area contributed by atoms with Crippen molar-refractivity contribution in [1.29, 1.82) is 0 Å². The van der Waals surface area contributed by atoms with Crippen molar-refractivity contribution in [2.24, 2.45) is 0 Å². The number of carbonyl (C=O) groups is 3. The summed E-state index contributed by atoms with van der Waals surface area (Å²) in [6, 6.07) is 7.59. The quantitative estimate of drug-likeness (QED) is 0.353. The van der Waals surface area contributed by atoms with Crippen LogP contribution >= 0.6 is 0 Å². The molecule has 164 valence electrons. The minimum atomic E-state index is -0.531. The van der Waals surface area contributed by atoms with Crippen LogP contribution < -0.4 is 16.1 Å². The van der Waals surface area contributed by atoms with Crippen LogP contribution in [0.15, 0.2) is 24.3 Å². The molecule has 8 nitrogen and oxygen atoms in total. The summed E-state index contributed by atoms with van der Waals surface area (Å²) in [5, 5.41) is 5.26. The van der Waals surface area contributed by atoms with Crippen molar-refractivity contribution in [3.05, 3.63) is 29.8 Å². The smallest absolute Gasteiger partial charge is 0.461 e. The predicted molar refractivity (Wildman–Crippen MR) is 113 cm³/mol. The lowest BCUT2D eigenvalue weighted by Gasteiger charge is -2.36. The van der Waals surface area contributed by atoms with E-state index in [9.17, 15) is 14.4 Å². The molecule has 0 saturated carbocycles. The number of carbonyl (C=O) groups excluding carboxylic acids is 3. The number of esters is 1. The molecule has 2 N–H and O–H groups in total. The van der Waals surface area contributed by atoms with Gasteiger partial charge >= 0.3 is 13.1 Å². The van der Waals surface area contributed by atoms with Gasteiger partial charge in [-0.3, -0.25) is 14.4 Å². The molecular weight excluding hydrogens is 387 g/mol. The Bertz CT molecular complexity index is 767. The van der Waals surface area contributed by atoms with E-state index in [-0.39, 0.29) is 30.9 Å². The van der Waals surface area contributed by atoms with E-state index in [2.05, 4.69) is 10.6 Å². The lowest BCUT2D eigenvalue weighted by molar-refractivity contribution is -0.142. The van der Waals surface area contributed by atoms with Crippen molar-refractivity contribution in [2.75, 3.05) is 13.1 Å². The van der Waals surface area contributed by atoms with Crippen LogP contribution in [0.1, 0.15) is 53.0 Å². The first-order valence-corrected chi connectivity index (χ1v) is 10.1. The largest absolute Gasteiger partial charge is 0.494 e. The first-order valence-electron chi connectivity index (χ1n) is 10.1. The van der Waals surface area contributed by atoms with Crippen LogP contribution in [0.2, 0.25) is 0 Å². The second-order valence-electron chi connectivity index (χ2n) is 8.19. The molecule has 1 atom stereocenters. The van der Waals surface area contributed by atoms with E-state index < -0.39 is 18.3 Å². The third kappa shape index (κ3) is 6.57. The highest BCUT2D eigenvalue weighted by molar-refractivity contribution is 6.62. The lowest BCUT2D eigenvalue weighted by atomic mass is 9.79. The highest BCUT2D eigenvalue weighted by Gasteiger charge is 2.54. The van der Waals surface area contributed by atoms with Gasteiger partial charge in [-0.05, 0) is 44.6 Å². The van der Waals surface area contributed by atoms with Gasteiger partial charge in [0.15, 0.2) is 0 Å². The van der Waals surface area contributed by atoms with E-state index in [0.29, 0.717) is 19.4 Å². The average Bonchev–Trinajstić information content (AvgIpc) is 2.91. The molecule has 0 aliphatic carbocycles. The molecule has 1 saturated heterocycles. The molecule has 2 amide bonds. The summed E-state index contributed by atoms with van der Waals surface area (Å²) in [5.74, 6) is -0.767. The monoisotopic (exact) mass is 418 g/mol. The van der Waals surface area contributed by atoms with Gasteiger partial charge in [0, 0.05) is 20.4 Å². The number of amides is 2. The molecule has 2 rings (SSSR count). The van der Waals surface area contributed by atoms with Crippen molar-refractivity contribution >= 4 is 30.4 Å². The maximum absolute atomic E-state index is 11.7. The van der Waals surface area contributed by atoms with Crippen LogP contribution in [-0.4, -0.2) is 49.2 Å². The molecule has 0 aromatic heterocycles. The summed E-state index contributed by atoms with van der Waals surface area (Å²) < 4.78 is 17.5. The van der Waals surface area contributed by atoms with Crippen LogP contribution in [0.4, 0.5) is 0 Å². The van der Waals surface area contributed by atoms with Gasteiger partial charge in [0.25, 0.3) is 0 Å². The molecule has 9 heteroatoms. The fourth-order valence-electron chi connectivity index (χ4n) is 3.17. The summed E-state index contributed by atoms with van der Waals surface area (Å²) in [4.78, 5) is 33.5. The molecule has 1 unspecified atom stereocenters. The average molecular weight is 418 g/mol. The number of hydrogen-bond donors (Lipinski definition) is 2. The van der Waals surface area contributed by atoms with Crippen molar-refractivity contribution < 1.29 is 28.4 Å². The Morgan fingerprint density at radius 1 is 1.03 bits per heavy atom. The normalized spacial score (nSPS) is 20.0. The fourth-order valence-corrected chi connectivity index (χ4v) is 3.17. The Kier molecular flexibility index (Phi) is 8.03. The standard InChI is InChI=1S/C21H31BN2O6/c1-15(25)24-13-19(27)23-12-6-11-21(5)20(3,4)29-22(30-21)18-9-7-17(8-10-18)14-28-16(2)26/h7-10H,6,11-14H2,1-5H3,(H,23,27)(H,24,25). The summed E-state index contributed by atoms with van der Waals surface area (Å²) >= 11 is 0. The zero-order valence-corrected chi connectivity index (χ0v) is 18.4. The minimum absolute atomic E-state index is 0.0206. The zero-order valence-electron chi connectivity index (χ0n) is 18.4. The van der Waals surface area contributed by atoms with Gasteiger partial charge < -0.3 is 24.7 Å².